The number of benzene rings is 1. The van der Waals surface area contributed by atoms with Crippen LogP contribution in [0.25, 0.3) is 0 Å². The van der Waals surface area contributed by atoms with Crippen molar-refractivity contribution in [2.45, 2.75) is 5.09 Å². The number of aromatic carboxylic acids is 1. The molecule has 1 aromatic carbocycles. The van der Waals surface area contributed by atoms with Crippen LogP contribution in [0.4, 0.5) is 5.69 Å². The molecule has 2 N–H and O–H groups in total. The number of hydrogen-bond acceptors (Lipinski definition) is 4. The smallest absolute Gasteiger partial charge is 0.337 e. The van der Waals surface area contributed by atoms with Crippen LogP contribution in [0.2, 0.25) is 5.02 Å². The molecule has 0 aliphatic carbocycles. The second kappa shape index (κ2) is 4.94. The molecule has 0 radical (unpaired) electrons. The van der Waals surface area contributed by atoms with Gasteiger partial charge in [0.1, 0.15) is 0 Å². The summed E-state index contributed by atoms with van der Waals surface area (Å²) in [5.41, 5.74) is -0.337. The second-order valence-electron chi connectivity index (χ2n) is 3.53. The average Bonchev–Trinajstić information content (AvgIpc) is 2.85. The molecule has 1 aromatic heterocycles. The van der Waals surface area contributed by atoms with Gasteiger partial charge < -0.3 is 9.52 Å². The summed E-state index contributed by atoms with van der Waals surface area (Å²) in [4.78, 5) is 11.0. The molecule has 19 heavy (non-hydrogen) atoms. The van der Waals surface area contributed by atoms with Crippen LogP contribution in [-0.2, 0) is 10.0 Å². The normalized spacial score (nSPS) is 11.2. The van der Waals surface area contributed by atoms with E-state index in [1.165, 1.54) is 30.5 Å². The minimum atomic E-state index is -3.96. The van der Waals surface area contributed by atoms with Crippen molar-refractivity contribution in [3.8, 4) is 0 Å². The molecular weight excluding hydrogens is 294 g/mol. The van der Waals surface area contributed by atoms with Crippen LogP contribution in [0.1, 0.15) is 10.4 Å². The SMILES string of the molecule is O=C(O)c1cc(Cl)ccc1NS(=O)(=O)c1ccco1. The maximum absolute atomic E-state index is 11.9. The molecule has 100 valence electrons. The minimum Gasteiger partial charge on any atom is -0.478 e. The van der Waals surface area contributed by atoms with Gasteiger partial charge in [0.05, 0.1) is 17.5 Å². The Morgan fingerprint density at radius 3 is 2.63 bits per heavy atom. The number of rotatable bonds is 4. The molecule has 0 fully saturated rings. The van der Waals surface area contributed by atoms with E-state index in [1.54, 1.807) is 0 Å². The van der Waals surface area contributed by atoms with Gasteiger partial charge >= 0.3 is 5.97 Å². The maximum Gasteiger partial charge on any atom is 0.337 e. The summed E-state index contributed by atoms with van der Waals surface area (Å²) in [7, 11) is -3.96. The van der Waals surface area contributed by atoms with Crippen molar-refractivity contribution in [1.29, 1.82) is 0 Å². The summed E-state index contributed by atoms with van der Waals surface area (Å²) in [5, 5.41) is 8.89. The highest BCUT2D eigenvalue weighted by molar-refractivity contribution is 7.92. The van der Waals surface area contributed by atoms with Crippen molar-refractivity contribution in [2.24, 2.45) is 0 Å². The van der Waals surface area contributed by atoms with E-state index in [0.29, 0.717) is 0 Å². The fraction of sp³-hybridized carbons (Fsp3) is 0. The van der Waals surface area contributed by atoms with Crippen molar-refractivity contribution in [2.75, 3.05) is 4.72 Å². The topological polar surface area (TPSA) is 96.6 Å². The number of anilines is 1. The number of carbonyl (C=O) groups is 1. The molecule has 0 aliphatic heterocycles. The third-order valence-corrected chi connectivity index (χ3v) is 3.70. The molecule has 0 saturated heterocycles. The first-order valence-corrected chi connectivity index (χ1v) is 6.85. The number of carboxylic acid groups (broad SMARTS) is 1. The van der Waals surface area contributed by atoms with E-state index in [1.807, 2.05) is 0 Å². The molecule has 0 saturated carbocycles. The van der Waals surface area contributed by atoms with Crippen LogP contribution in [0.5, 0.6) is 0 Å². The highest BCUT2D eigenvalue weighted by Gasteiger charge is 2.20. The maximum atomic E-state index is 11.9. The molecule has 0 atom stereocenters. The van der Waals surface area contributed by atoms with Gasteiger partial charge in [0.2, 0.25) is 5.09 Å². The van der Waals surface area contributed by atoms with Crippen molar-refractivity contribution in [3.63, 3.8) is 0 Å². The van der Waals surface area contributed by atoms with Crippen LogP contribution in [0.15, 0.2) is 46.1 Å². The Morgan fingerprint density at radius 2 is 2.05 bits per heavy atom. The lowest BCUT2D eigenvalue weighted by atomic mass is 10.2. The lowest BCUT2D eigenvalue weighted by Gasteiger charge is -2.09. The summed E-state index contributed by atoms with van der Waals surface area (Å²) >= 11 is 5.67. The Balaban J connectivity index is 2.42. The lowest BCUT2D eigenvalue weighted by Crippen LogP contribution is -2.15. The van der Waals surface area contributed by atoms with Crippen LogP contribution >= 0.6 is 11.6 Å². The molecule has 0 amide bonds. The zero-order valence-electron chi connectivity index (χ0n) is 9.33. The first-order chi connectivity index (χ1) is 8.90. The predicted molar refractivity (Wildman–Crippen MR) is 67.9 cm³/mol. The monoisotopic (exact) mass is 301 g/mol. The van der Waals surface area contributed by atoms with Gasteiger partial charge in [-0.15, -0.1) is 0 Å². The largest absolute Gasteiger partial charge is 0.478 e. The average molecular weight is 302 g/mol. The van der Waals surface area contributed by atoms with Gasteiger partial charge in [-0.25, -0.2) is 4.79 Å². The van der Waals surface area contributed by atoms with Crippen LogP contribution in [-0.4, -0.2) is 19.5 Å². The van der Waals surface area contributed by atoms with E-state index >= 15 is 0 Å². The van der Waals surface area contributed by atoms with Crippen molar-refractivity contribution >= 4 is 33.3 Å². The van der Waals surface area contributed by atoms with Crippen molar-refractivity contribution in [3.05, 3.63) is 47.2 Å². The Bertz CT molecular complexity index is 709. The third kappa shape index (κ3) is 2.88. The summed E-state index contributed by atoms with van der Waals surface area (Å²) < 4.78 is 30.7. The van der Waals surface area contributed by atoms with E-state index in [4.69, 9.17) is 21.1 Å². The number of sulfonamides is 1. The number of nitrogens with one attached hydrogen (secondary N) is 1. The van der Waals surface area contributed by atoms with Crippen molar-refractivity contribution in [1.82, 2.24) is 0 Å². The summed E-state index contributed by atoms with van der Waals surface area (Å²) in [5.74, 6) is -1.29. The van der Waals surface area contributed by atoms with E-state index in [0.717, 1.165) is 6.07 Å². The van der Waals surface area contributed by atoms with Gasteiger partial charge in [-0.05, 0) is 30.3 Å². The van der Waals surface area contributed by atoms with E-state index < -0.39 is 16.0 Å². The molecule has 0 bridgehead atoms. The molecule has 2 rings (SSSR count). The number of furan rings is 1. The van der Waals surface area contributed by atoms with Crippen molar-refractivity contribution < 1.29 is 22.7 Å². The Morgan fingerprint density at radius 1 is 1.32 bits per heavy atom. The van der Waals surface area contributed by atoms with Gasteiger partial charge in [0.25, 0.3) is 10.0 Å². The minimum absolute atomic E-state index is 0.0895. The third-order valence-electron chi connectivity index (χ3n) is 2.22. The van der Waals surface area contributed by atoms with Crippen LogP contribution < -0.4 is 4.72 Å². The van der Waals surface area contributed by atoms with Gasteiger partial charge in [0.15, 0.2) is 0 Å². The second-order valence-corrected chi connectivity index (χ2v) is 5.58. The van der Waals surface area contributed by atoms with E-state index in [9.17, 15) is 13.2 Å². The number of hydrogen-bond donors (Lipinski definition) is 2. The molecule has 2 aromatic rings. The Labute approximate surface area is 113 Å². The number of halogens is 1. The lowest BCUT2D eigenvalue weighted by molar-refractivity contribution is 0.0698. The first kappa shape index (κ1) is 13.4. The Kier molecular flexibility index (Phi) is 3.50. The molecule has 0 spiro atoms. The van der Waals surface area contributed by atoms with Gasteiger partial charge in [-0.2, -0.15) is 8.42 Å². The Hall–Kier alpha value is -1.99. The zero-order chi connectivity index (χ0) is 14.0. The van der Waals surface area contributed by atoms with Gasteiger partial charge in [-0.3, -0.25) is 4.72 Å². The van der Waals surface area contributed by atoms with Crippen LogP contribution in [0, 0.1) is 0 Å². The first-order valence-electron chi connectivity index (χ1n) is 4.99. The van der Waals surface area contributed by atoms with Gasteiger partial charge in [0, 0.05) is 5.02 Å². The molecule has 6 nitrogen and oxygen atoms in total. The highest BCUT2D eigenvalue weighted by Crippen LogP contribution is 2.23. The fourth-order valence-corrected chi connectivity index (χ4v) is 2.57. The molecule has 0 aliphatic rings. The molecule has 0 unspecified atom stereocenters. The summed E-state index contributed by atoms with van der Waals surface area (Å²) in [6.45, 7) is 0. The molecule has 1 heterocycles. The predicted octanol–water partition coefficient (Wildman–Crippen LogP) is 2.43. The van der Waals surface area contributed by atoms with Gasteiger partial charge in [-0.1, -0.05) is 11.6 Å². The standard InChI is InChI=1S/C11H8ClNO5S/c12-7-3-4-9(8(6-7)11(14)15)13-19(16,17)10-2-1-5-18-10/h1-6,13H,(H,14,15). The van der Waals surface area contributed by atoms with E-state index in [2.05, 4.69) is 4.72 Å². The zero-order valence-corrected chi connectivity index (χ0v) is 10.9. The summed E-state index contributed by atoms with van der Waals surface area (Å²) in [6.07, 6.45) is 1.20. The summed E-state index contributed by atoms with van der Waals surface area (Å²) in [6, 6.07) is 6.47. The fourth-order valence-electron chi connectivity index (χ4n) is 1.39. The quantitative estimate of drug-likeness (QED) is 0.904. The van der Waals surface area contributed by atoms with E-state index in [-0.39, 0.29) is 21.4 Å². The number of carboxylic acids is 1. The molecule has 8 heteroatoms. The van der Waals surface area contributed by atoms with Crippen LogP contribution in [0.3, 0.4) is 0 Å². The highest BCUT2D eigenvalue weighted by atomic mass is 35.5. The molecular formula is C11H8ClNO5S.